The monoisotopic (exact) mass is 301 g/mol. The Hall–Kier alpha value is -1.88. The van der Waals surface area contributed by atoms with Gasteiger partial charge in [0.25, 0.3) is 0 Å². The van der Waals surface area contributed by atoms with E-state index in [4.69, 9.17) is 4.74 Å². The van der Waals surface area contributed by atoms with Crippen molar-refractivity contribution in [3.8, 4) is 0 Å². The second kappa shape index (κ2) is 7.40. The van der Waals surface area contributed by atoms with Crippen LogP contribution in [0.5, 0.6) is 0 Å². The molecule has 1 aliphatic heterocycles. The van der Waals surface area contributed by atoms with Gasteiger partial charge in [-0.2, -0.15) is 0 Å². The van der Waals surface area contributed by atoms with Crippen LogP contribution in [0.1, 0.15) is 25.7 Å². The number of aromatic nitrogens is 2. The third kappa shape index (κ3) is 3.85. The molecule has 0 radical (unpaired) electrons. The quantitative estimate of drug-likeness (QED) is 0.799. The Labute approximate surface area is 130 Å². The fourth-order valence-electron chi connectivity index (χ4n) is 2.93. The van der Waals surface area contributed by atoms with Crippen LogP contribution in [0, 0.1) is 5.92 Å². The van der Waals surface area contributed by atoms with E-state index in [1.165, 1.54) is 6.42 Å². The summed E-state index contributed by atoms with van der Waals surface area (Å²) in [5.41, 5.74) is 2.05. The molecule has 1 aromatic carbocycles. The summed E-state index contributed by atoms with van der Waals surface area (Å²) in [5, 5.41) is 3.00. The molecular weight excluding hydrogens is 278 g/mol. The minimum absolute atomic E-state index is 0.112. The normalized spacial score (nSPS) is 17.9. The third-order valence-electron chi connectivity index (χ3n) is 4.24. The van der Waals surface area contributed by atoms with Gasteiger partial charge in [-0.1, -0.05) is 12.1 Å². The van der Waals surface area contributed by atoms with Crippen LogP contribution in [-0.2, 0) is 16.1 Å². The summed E-state index contributed by atoms with van der Waals surface area (Å²) in [4.78, 5) is 16.2. The number of aryl methyl sites for hydroxylation is 1. The number of fused-ring (bicyclic) bond motifs is 1. The van der Waals surface area contributed by atoms with Crippen molar-refractivity contribution in [2.75, 3.05) is 19.8 Å². The molecule has 0 saturated carbocycles. The average Bonchev–Trinajstić information content (AvgIpc) is 3.19. The van der Waals surface area contributed by atoms with E-state index in [0.717, 1.165) is 43.6 Å². The second-order valence-corrected chi connectivity index (χ2v) is 5.90. The van der Waals surface area contributed by atoms with E-state index in [-0.39, 0.29) is 5.91 Å². The molecule has 0 bridgehead atoms. The molecule has 0 aliphatic carbocycles. The predicted molar refractivity (Wildman–Crippen MR) is 85.5 cm³/mol. The zero-order chi connectivity index (χ0) is 15.2. The van der Waals surface area contributed by atoms with Gasteiger partial charge in [-0.05, 0) is 37.3 Å². The number of ether oxygens (including phenoxy) is 1. The standard InChI is InChI=1S/C17H23N3O2/c21-17(18-9-3-4-14-8-11-22-12-14)7-10-20-13-19-15-5-1-2-6-16(15)20/h1-2,5-6,13-14H,3-4,7-12H2,(H,18,21)/t14-/m0/s1. The van der Waals surface area contributed by atoms with Gasteiger partial charge in [-0.25, -0.2) is 4.98 Å². The fourth-order valence-corrected chi connectivity index (χ4v) is 2.93. The number of amides is 1. The Morgan fingerprint density at radius 1 is 1.41 bits per heavy atom. The van der Waals surface area contributed by atoms with Crippen molar-refractivity contribution in [3.63, 3.8) is 0 Å². The molecule has 1 aromatic heterocycles. The first-order valence-electron chi connectivity index (χ1n) is 8.07. The Bertz CT molecular complexity index is 617. The van der Waals surface area contributed by atoms with Crippen LogP contribution in [0.25, 0.3) is 11.0 Å². The molecule has 5 nitrogen and oxygen atoms in total. The number of nitrogens with one attached hydrogen (secondary N) is 1. The lowest BCUT2D eigenvalue weighted by Crippen LogP contribution is -2.25. The maximum Gasteiger partial charge on any atom is 0.221 e. The molecule has 22 heavy (non-hydrogen) atoms. The summed E-state index contributed by atoms with van der Waals surface area (Å²) in [6.45, 7) is 3.22. The van der Waals surface area contributed by atoms with E-state index in [2.05, 4.69) is 10.3 Å². The SMILES string of the molecule is O=C(CCn1cnc2ccccc21)NCCC[C@H]1CCOC1. The number of carbonyl (C=O) groups excluding carboxylic acids is 1. The first kappa shape index (κ1) is 15.0. The summed E-state index contributed by atoms with van der Waals surface area (Å²) in [7, 11) is 0. The molecule has 0 unspecified atom stereocenters. The van der Waals surface area contributed by atoms with Gasteiger partial charge >= 0.3 is 0 Å². The second-order valence-electron chi connectivity index (χ2n) is 5.90. The van der Waals surface area contributed by atoms with E-state index in [1.807, 2.05) is 28.8 Å². The smallest absolute Gasteiger partial charge is 0.221 e. The van der Waals surface area contributed by atoms with Gasteiger partial charge < -0.3 is 14.6 Å². The number of nitrogens with zero attached hydrogens (tertiary/aromatic N) is 2. The number of imidazole rings is 1. The molecular formula is C17H23N3O2. The van der Waals surface area contributed by atoms with Gasteiger partial charge in [0, 0.05) is 32.7 Å². The van der Waals surface area contributed by atoms with Crippen LogP contribution in [-0.4, -0.2) is 35.2 Å². The van der Waals surface area contributed by atoms with E-state index in [0.29, 0.717) is 18.9 Å². The number of carbonyl (C=O) groups is 1. The van der Waals surface area contributed by atoms with Crippen molar-refractivity contribution in [3.05, 3.63) is 30.6 Å². The van der Waals surface area contributed by atoms with Gasteiger partial charge in [-0.3, -0.25) is 4.79 Å². The maximum absolute atomic E-state index is 11.9. The molecule has 1 atom stereocenters. The van der Waals surface area contributed by atoms with Crippen molar-refractivity contribution in [2.45, 2.75) is 32.2 Å². The van der Waals surface area contributed by atoms with Crippen molar-refractivity contribution in [2.24, 2.45) is 5.92 Å². The molecule has 2 heterocycles. The van der Waals surface area contributed by atoms with Crippen LogP contribution < -0.4 is 5.32 Å². The predicted octanol–water partition coefficient (Wildman–Crippen LogP) is 2.36. The van der Waals surface area contributed by atoms with Crippen LogP contribution in [0.2, 0.25) is 0 Å². The summed E-state index contributed by atoms with van der Waals surface area (Å²) in [6, 6.07) is 7.98. The average molecular weight is 301 g/mol. The Morgan fingerprint density at radius 3 is 3.18 bits per heavy atom. The summed E-state index contributed by atoms with van der Waals surface area (Å²) < 4.78 is 7.39. The van der Waals surface area contributed by atoms with Crippen LogP contribution >= 0.6 is 0 Å². The Morgan fingerprint density at radius 2 is 2.32 bits per heavy atom. The van der Waals surface area contributed by atoms with Crippen molar-refractivity contribution < 1.29 is 9.53 Å². The van der Waals surface area contributed by atoms with E-state index >= 15 is 0 Å². The highest BCUT2D eigenvalue weighted by Crippen LogP contribution is 2.17. The zero-order valence-electron chi connectivity index (χ0n) is 12.8. The van der Waals surface area contributed by atoms with E-state index in [1.54, 1.807) is 6.33 Å². The molecule has 1 N–H and O–H groups in total. The molecule has 2 aromatic rings. The molecule has 0 spiro atoms. The number of rotatable bonds is 7. The lowest BCUT2D eigenvalue weighted by Gasteiger charge is -2.09. The first-order valence-corrected chi connectivity index (χ1v) is 8.07. The van der Waals surface area contributed by atoms with Gasteiger partial charge in [0.2, 0.25) is 5.91 Å². The van der Waals surface area contributed by atoms with Crippen molar-refractivity contribution >= 4 is 16.9 Å². The van der Waals surface area contributed by atoms with Crippen molar-refractivity contribution in [1.82, 2.24) is 14.9 Å². The fraction of sp³-hybridized carbons (Fsp3) is 0.529. The highest BCUT2D eigenvalue weighted by atomic mass is 16.5. The molecule has 1 aliphatic rings. The first-order chi connectivity index (χ1) is 10.8. The lowest BCUT2D eigenvalue weighted by molar-refractivity contribution is -0.121. The number of benzene rings is 1. The van der Waals surface area contributed by atoms with Crippen LogP contribution in [0.15, 0.2) is 30.6 Å². The molecule has 3 rings (SSSR count). The number of hydrogen-bond donors (Lipinski definition) is 1. The highest BCUT2D eigenvalue weighted by Gasteiger charge is 2.14. The van der Waals surface area contributed by atoms with Crippen molar-refractivity contribution in [1.29, 1.82) is 0 Å². The van der Waals surface area contributed by atoms with E-state index < -0.39 is 0 Å². The van der Waals surface area contributed by atoms with Gasteiger partial charge in [0.1, 0.15) is 0 Å². The number of para-hydroxylation sites is 2. The van der Waals surface area contributed by atoms with Gasteiger partial charge in [0.05, 0.1) is 17.4 Å². The minimum Gasteiger partial charge on any atom is -0.381 e. The molecule has 118 valence electrons. The number of hydrogen-bond acceptors (Lipinski definition) is 3. The van der Waals surface area contributed by atoms with Gasteiger partial charge in [-0.15, -0.1) is 0 Å². The van der Waals surface area contributed by atoms with E-state index in [9.17, 15) is 4.79 Å². The highest BCUT2D eigenvalue weighted by molar-refractivity contribution is 5.77. The molecule has 1 saturated heterocycles. The summed E-state index contributed by atoms with van der Waals surface area (Å²) in [5.74, 6) is 0.801. The maximum atomic E-state index is 11.9. The summed E-state index contributed by atoms with van der Waals surface area (Å²) in [6.07, 6.45) is 5.65. The third-order valence-corrected chi connectivity index (χ3v) is 4.24. The Kier molecular flexibility index (Phi) is 5.06. The van der Waals surface area contributed by atoms with Gasteiger partial charge in [0.15, 0.2) is 0 Å². The molecule has 5 heteroatoms. The largest absolute Gasteiger partial charge is 0.381 e. The Balaban J connectivity index is 1.37. The minimum atomic E-state index is 0.112. The molecule has 1 amide bonds. The molecule has 1 fully saturated rings. The lowest BCUT2D eigenvalue weighted by atomic mass is 10.0. The van der Waals surface area contributed by atoms with Crippen LogP contribution in [0.4, 0.5) is 0 Å². The topological polar surface area (TPSA) is 56.2 Å². The summed E-state index contributed by atoms with van der Waals surface area (Å²) >= 11 is 0. The zero-order valence-corrected chi connectivity index (χ0v) is 12.8. The van der Waals surface area contributed by atoms with Crippen LogP contribution in [0.3, 0.4) is 0 Å².